The molecule has 3 heterocycles. The van der Waals surface area contributed by atoms with Crippen LogP contribution in [0.5, 0.6) is 5.75 Å². The molecule has 1 aromatic heterocycles. The smallest absolute Gasteiger partial charge is 0.251 e. The van der Waals surface area contributed by atoms with Crippen molar-refractivity contribution in [2.24, 2.45) is 11.3 Å². The van der Waals surface area contributed by atoms with E-state index in [4.69, 9.17) is 4.98 Å². The second kappa shape index (κ2) is 11.0. The van der Waals surface area contributed by atoms with Crippen LogP contribution in [0.25, 0.3) is 0 Å². The molecule has 2 amide bonds. The Kier molecular flexibility index (Phi) is 7.22. The Balaban J connectivity index is 1.01. The number of aromatic hydroxyl groups is 1. The van der Waals surface area contributed by atoms with Crippen molar-refractivity contribution in [1.82, 2.24) is 20.5 Å². The Hall–Kier alpha value is -3.37. The summed E-state index contributed by atoms with van der Waals surface area (Å²) < 4.78 is 0. The molecular weight excluding hydrogens is 532 g/mol. The summed E-state index contributed by atoms with van der Waals surface area (Å²) in [4.78, 5) is 35.0. The van der Waals surface area contributed by atoms with E-state index in [1.807, 2.05) is 23.1 Å². The lowest BCUT2D eigenvalue weighted by Crippen LogP contribution is -2.50. The van der Waals surface area contributed by atoms with E-state index in [0.717, 1.165) is 42.6 Å². The summed E-state index contributed by atoms with van der Waals surface area (Å²) in [6, 6.07) is 9.16. The molecule has 0 bridgehead atoms. The maximum Gasteiger partial charge on any atom is 0.251 e. The first-order valence-electron chi connectivity index (χ1n) is 15.7. The third-order valence-electron chi connectivity index (χ3n) is 10.2. The van der Waals surface area contributed by atoms with E-state index in [1.54, 1.807) is 12.1 Å². The molecule has 1 aromatic carbocycles. The van der Waals surface area contributed by atoms with Crippen LogP contribution in [-0.4, -0.2) is 82.8 Å². The number of anilines is 2. The number of hydrogen-bond acceptors (Lipinski definition) is 8. The van der Waals surface area contributed by atoms with Gasteiger partial charge in [-0.1, -0.05) is 12.5 Å². The molecule has 224 valence electrons. The summed E-state index contributed by atoms with van der Waals surface area (Å²) in [6.07, 6.45) is 8.18. The highest BCUT2D eigenvalue weighted by Gasteiger charge is 2.48. The van der Waals surface area contributed by atoms with E-state index in [0.29, 0.717) is 62.0 Å². The van der Waals surface area contributed by atoms with Crippen molar-refractivity contribution in [3.8, 4) is 5.75 Å². The van der Waals surface area contributed by atoms with Crippen LogP contribution in [0.4, 0.5) is 11.6 Å². The number of piperazine rings is 1. The highest BCUT2D eigenvalue weighted by Crippen LogP contribution is 2.56. The van der Waals surface area contributed by atoms with E-state index in [9.17, 15) is 19.8 Å². The minimum atomic E-state index is -0.763. The van der Waals surface area contributed by atoms with Crippen LogP contribution in [0.15, 0.2) is 30.3 Å². The van der Waals surface area contributed by atoms with Gasteiger partial charge in [-0.05, 0) is 85.8 Å². The summed E-state index contributed by atoms with van der Waals surface area (Å²) in [5.41, 5.74) is 3.17. The van der Waals surface area contributed by atoms with Crippen LogP contribution in [-0.2, 0) is 17.8 Å². The number of carbonyl (C=O) groups is 2. The van der Waals surface area contributed by atoms with Crippen LogP contribution >= 0.6 is 0 Å². The molecule has 4 fully saturated rings. The van der Waals surface area contributed by atoms with Crippen LogP contribution in [0.2, 0.25) is 0 Å². The second-order valence-corrected chi connectivity index (χ2v) is 13.2. The fourth-order valence-electron chi connectivity index (χ4n) is 7.25. The molecule has 7 rings (SSSR count). The van der Waals surface area contributed by atoms with Crippen LogP contribution in [0.1, 0.15) is 66.4 Å². The normalized spacial score (nSPS) is 23.9. The molecule has 3 aliphatic carbocycles. The van der Waals surface area contributed by atoms with Crippen molar-refractivity contribution in [2.75, 3.05) is 42.9 Å². The standard InChI is InChI=1S/C32H42N6O4/c39-25-5-4-21-13-26(33-18-23(21)12-25)27(40)19-34-30(41)22-14-28(35-24-16-32(17-24)6-1-7-32)36-29(15-22)37-8-10-38(11-9-37)31(42)20-2-3-20/h4-5,12,14-15,20,24,26-27,33,39-40H,1-3,6-11,13,16-19H2,(H,34,41)(H,35,36)/t26-,27+/m0/s1. The molecule has 0 unspecified atom stereocenters. The molecule has 5 N–H and O–H groups in total. The number of carbonyl (C=O) groups excluding carboxylic acids is 2. The van der Waals surface area contributed by atoms with Gasteiger partial charge in [-0.15, -0.1) is 0 Å². The number of amides is 2. The SMILES string of the molecule is O=C(NC[C@@H](O)[C@@H]1Cc2ccc(O)cc2CN1)c1cc(NC2CC3(CCC3)C2)nc(N2CCN(C(=O)C3CC3)CC2)c1. The average molecular weight is 575 g/mol. The lowest BCUT2D eigenvalue weighted by atomic mass is 9.54. The van der Waals surface area contributed by atoms with Crippen molar-refractivity contribution < 1.29 is 19.8 Å². The number of aliphatic hydroxyl groups is 1. The molecule has 1 saturated heterocycles. The number of phenols is 1. The van der Waals surface area contributed by atoms with Gasteiger partial charge in [-0.3, -0.25) is 9.59 Å². The molecule has 1 spiro atoms. The third kappa shape index (κ3) is 5.66. The number of benzene rings is 1. The summed E-state index contributed by atoms with van der Waals surface area (Å²) in [5, 5.41) is 30.5. The Bertz CT molecular complexity index is 1340. The van der Waals surface area contributed by atoms with Gasteiger partial charge in [0.15, 0.2) is 0 Å². The predicted molar refractivity (Wildman–Crippen MR) is 159 cm³/mol. The van der Waals surface area contributed by atoms with Gasteiger partial charge in [-0.25, -0.2) is 4.98 Å². The van der Waals surface area contributed by atoms with Crippen molar-refractivity contribution >= 4 is 23.5 Å². The van der Waals surface area contributed by atoms with Gasteiger partial charge in [0, 0.05) is 62.8 Å². The molecule has 3 saturated carbocycles. The van der Waals surface area contributed by atoms with Gasteiger partial charge in [0.1, 0.15) is 17.4 Å². The number of fused-ring (bicyclic) bond motifs is 1. The number of aromatic nitrogens is 1. The summed E-state index contributed by atoms with van der Waals surface area (Å²) >= 11 is 0. The third-order valence-corrected chi connectivity index (χ3v) is 10.2. The number of rotatable bonds is 8. The maximum atomic E-state index is 13.4. The van der Waals surface area contributed by atoms with Crippen molar-refractivity contribution in [2.45, 2.75) is 76.1 Å². The number of nitrogens with zero attached hydrogens (tertiary/aromatic N) is 3. The quantitative estimate of drug-likeness (QED) is 0.325. The van der Waals surface area contributed by atoms with Gasteiger partial charge >= 0.3 is 0 Å². The molecule has 10 heteroatoms. The topological polar surface area (TPSA) is 130 Å². The summed E-state index contributed by atoms with van der Waals surface area (Å²) in [5.74, 6) is 1.95. The van der Waals surface area contributed by atoms with Crippen LogP contribution < -0.4 is 20.9 Å². The number of phenolic OH excluding ortho intramolecular Hbond substituents is 1. The number of hydrogen-bond donors (Lipinski definition) is 5. The Labute approximate surface area is 246 Å². The Morgan fingerprint density at radius 1 is 1.07 bits per heavy atom. The first-order valence-corrected chi connectivity index (χ1v) is 15.7. The first-order chi connectivity index (χ1) is 20.3. The molecule has 2 atom stereocenters. The molecule has 0 radical (unpaired) electrons. The van der Waals surface area contributed by atoms with E-state index < -0.39 is 6.10 Å². The van der Waals surface area contributed by atoms with Crippen molar-refractivity contribution in [3.05, 3.63) is 47.0 Å². The van der Waals surface area contributed by atoms with Gasteiger partial charge < -0.3 is 36.0 Å². The van der Waals surface area contributed by atoms with Gasteiger partial charge in [0.2, 0.25) is 5.91 Å². The first kappa shape index (κ1) is 27.5. The summed E-state index contributed by atoms with van der Waals surface area (Å²) in [6.45, 7) is 3.40. The number of nitrogens with one attached hydrogen (secondary N) is 3. The molecule has 42 heavy (non-hydrogen) atoms. The highest BCUT2D eigenvalue weighted by molar-refractivity contribution is 5.95. The zero-order valence-electron chi connectivity index (χ0n) is 24.1. The maximum absolute atomic E-state index is 13.4. The summed E-state index contributed by atoms with van der Waals surface area (Å²) in [7, 11) is 0. The Morgan fingerprint density at radius 3 is 2.57 bits per heavy atom. The predicted octanol–water partition coefficient (Wildman–Crippen LogP) is 2.40. The second-order valence-electron chi connectivity index (χ2n) is 13.2. The van der Waals surface area contributed by atoms with E-state index in [1.165, 1.54) is 19.3 Å². The largest absolute Gasteiger partial charge is 0.508 e. The molecule has 10 nitrogen and oxygen atoms in total. The minimum Gasteiger partial charge on any atom is -0.508 e. The number of aliphatic hydroxyl groups excluding tert-OH is 1. The monoisotopic (exact) mass is 574 g/mol. The van der Waals surface area contributed by atoms with E-state index >= 15 is 0 Å². The fraction of sp³-hybridized carbons (Fsp3) is 0.594. The van der Waals surface area contributed by atoms with E-state index in [2.05, 4.69) is 20.9 Å². The molecule has 2 aliphatic heterocycles. The fourth-order valence-corrected chi connectivity index (χ4v) is 7.25. The van der Waals surface area contributed by atoms with Gasteiger partial charge in [0.25, 0.3) is 5.91 Å². The van der Waals surface area contributed by atoms with E-state index in [-0.39, 0.29) is 36.1 Å². The average Bonchev–Trinajstić information content (AvgIpc) is 3.81. The molecule has 2 aromatic rings. The zero-order chi connectivity index (χ0) is 28.8. The lowest BCUT2D eigenvalue weighted by molar-refractivity contribution is -0.132. The van der Waals surface area contributed by atoms with Crippen LogP contribution in [0.3, 0.4) is 0 Å². The van der Waals surface area contributed by atoms with Crippen molar-refractivity contribution in [3.63, 3.8) is 0 Å². The number of pyridine rings is 1. The minimum absolute atomic E-state index is 0.122. The molecule has 5 aliphatic rings. The van der Waals surface area contributed by atoms with Gasteiger partial charge in [-0.2, -0.15) is 0 Å². The van der Waals surface area contributed by atoms with Crippen molar-refractivity contribution in [1.29, 1.82) is 0 Å². The lowest BCUT2D eigenvalue weighted by Gasteiger charge is -2.54. The highest BCUT2D eigenvalue weighted by atomic mass is 16.3. The van der Waals surface area contributed by atoms with Crippen LogP contribution in [0, 0.1) is 11.3 Å². The zero-order valence-corrected chi connectivity index (χ0v) is 24.1. The van der Waals surface area contributed by atoms with Gasteiger partial charge in [0.05, 0.1) is 6.10 Å². The Morgan fingerprint density at radius 2 is 1.86 bits per heavy atom. The molecular formula is C32H42N6O4.